The highest BCUT2D eigenvalue weighted by Gasteiger charge is 2.34. The molecule has 1 aliphatic heterocycles. The van der Waals surface area contributed by atoms with Crippen molar-refractivity contribution >= 4 is 45.6 Å². The first-order chi connectivity index (χ1) is 14.3. The lowest BCUT2D eigenvalue weighted by atomic mass is 9.96. The van der Waals surface area contributed by atoms with E-state index < -0.39 is 28.8 Å². The number of anilines is 2. The van der Waals surface area contributed by atoms with Crippen LogP contribution in [0.4, 0.5) is 23.9 Å². The average molecular weight is 451 g/mol. The summed E-state index contributed by atoms with van der Waals surface area (Å²) in [5.41, 5.74) is 0.746. The number of fused-ring (bicyclic) bond motifs is 2. The van der Waals surface area contributed by atoms with Crippen molar-refractivity contribution in [3.05, 3.63) is 39.8 Å². The van der Waals surface area contributed by atoms with Crippen molar-refractivity contribution in [1.82, 2.24) is 0 Å². The molecule has 1 aromatic carbocycles. The lowest BCUT2D eigenvalue weighted by Crippen LogP contribution is -2.32. The van der Waals surface area contributed by atoms with E-state index in [2.05, 4.69) is 16.7 Å². The standard InChI is InChI=1S/C20H16F3N3O2S2/c21-20(22,23)10-5-6-15-13(7-10)25-18(28)16(29-15)8-17(27)26-19-12(9-24)11-3-1-2-4-14(11)30-19/h5-7,16H,1-4,8H2,(H,25,28)(H,26,27)/t16-/m1/s1. The first-order valence-corrected chi connectivity index (χ1v) is 11.0. The molecule has 156 valence electrons. The molecular formula is C20H16F3N3O2S2. The van der Waals surface area contributed by atoms with E-state index >= 15 is 0 Å². The Balaban J connectivity index is 1.47. The van der Waals surface area contributed by atoms with Crippen LogP contribution >= 0.6 is 23.1 Å². The van der Waals surface area contributed by atoms with Gasteiger partial charge in [-0.25, -0.2) is 0 Å². The van der Waals surface area contributed by atoms with Crippen LogP contribution in [-0.2, 0) is 28.6 Å². The van der Waals surface area contributed by atoms with Gasteiger partial charge in [-0.2, -0.15) is 18.4 Å². The van der Waals surface area contributed by atoms with Crippen LogP contribution in [0.25, 0.3) is 0 Å². The van der Waals surface area contributed by atoms with Crippen molar-refractivity contribution in [2.24, 2.45) is 0 Å². The third-order valence-electron chi connectivity index (χ3n) is 5.03. The Morgan fingerprint density at radius 2 is 2.07 bits per heavy atom. The average Bonchev–Trinajstić information content (AvgIpc) is 3.04. The summed E-state index contributed by atoms with van der Waals surface area (Å²) in [6.07, 6.45) is -0.867. The van der Waals surface area contributed by atoms with E-state index in [0.29, 0.717) is 15.5 Å². The number of carbonyl (C=O) groups is 2. The normalized spacial score (nSPS) is 18.1. The van der Waals surface area contributed by atoms with Crippen molar-refractivity contribution in [3.63, 3.8) is 0 Å². The molecule has 0 unspecified atom stereocenters. The number of carbonyl (C=O) groups excluding carboxylic acids is 2. The van der Waals surface area contributed by atoms with Gasteiger partial charge in [-0.15, -0.1) is 23.1 Å². The van der Waals surface area contributed by atoms with E-state index in [9.17, 15) is 28.0 Å². The smallest absolute Gasteiger partial charge is 0.324 e. The van der Waals surface area contributed by atoms with E-state index in [0.717, 1.165) is 60.0 Å². The molecule has 2 N–H and O–H groups in total. The van der Waals surface area contributed by atoms with Crippen LogP contribution in [0, 0.1) is 11.3 Å². The zero-order chi connectivity index (χ0) is 21.5. The molecule has 1 aromatic heterocycles. The molecule has 0 radical (unpaired) electrons. The summed E-state index contributed by atoms with van der Waals surface area (Å²) in [6.45, 7) is 0. The minimum absolute atomic E-state index is 0.0918. The van der Waals surface area contributed by atoms with Gasteiger partial charge in [0.25, 0.3) is 0 Å². The number of nitrogens with one attached hydrogen (secondary N) is 2. The maximum atomic E-state index is 12.9. The van der Waals surface area contributed by atoms with Gasteiger partial charge < -0.3 is 10.6 Å². The molecule has 1 atom stereocenters. The van der Waals surface area contributed by atoms with E-state index in [1.807, 2.05) is 0 Å². The lowest BCUT2D eigenvalue weighted by Gasteiger charge is -2.24. The number of nitriles is 1. The van der Waals surface area contributed by atoms with Gasteiger partial charge in [-0.05, 0) is 49.4 Å². The van der Waals surface area contributed by atoms with Gasteiger partial charge in [0.05, 0.1) is 22.1 Å². The van der Waals surface area contributed by atoms with Gasteiger partial charge in [0.2, 0.25) is 11.8 Å². The number of nitrogens with zero attached hydrogens (tertiary/aromatic N) is 1. The second-order valence-corrected chi connectivity index (χ2v) is 9.43. The summed E-state index contributed by atoms with van der Waals surface area (Å²) in [4.78, 5) is 26.5. The highest BCUT2D eigenvalue weighted by molar-refractivity contribution is 8.01. The van der Waals surface area contributed by atoms with Crippen molar-refractivity contribution in [3.8, 4) is 6.07 Å². The molecular weight excluding hydrogens is 435 g/mol. The summed E-state index contributed by atoms with van der Waals surface area (Å²) < 4.78 is 38.6. The van der Waals surface area contributed by atoms with E-state index in [-0.39, 0.29) is 12.1 Å². The third kappa shape index (κ3) is 4.04. The molecule has 0 saturated carbocycles. The second kappa shape index (κ2) is 7.96. The Bertz CT molecular complexity index is 1070. The zero-order valence-corrected chi connectivity index (χ0v) is 17.2. The molecule has 30 heavy (non-hydrogen) atoms. The van der Waals surface area contributed by atoms with Gasteiger partial charge in [0, 0.05) is 16.2 Å². The number of rotatable bonds is 3. The summed E-state index contributed by atoms with van der Waals surface area (Å²) in [5.74, 6) is -0.930. The van der Waals surface area contributed by atoms with E-state index in [4.69, 9.17) is 0 Å². The number of hydrogen-bond donors (Lipinski definition) is 2. The van der Waals surface area contributed by atoms with Gasteiger partial charge >= 0.3 is 6.18 Å². The summed E-state index contributed by atoms with van der Waals surface area (Å²) in [5, 5.41) is 14.4. The number of hydrogen-bond acceptors (Lipinski definition) is 5. The summed E-state index contributed by atoms with van der Waals surface area (Å²) >= 11 is 2.46. The number of thiophene rings is 1. The highest BCUT2D eigenvalue weighted by atomic mass is 32.2. The minimum Gasteiger partial charge on any atom is -0.324 e. The Morgan fingerprint density at radius 3 is 2.80 bits per heavy atom. The number of thioether (sulfide) groups is 1. The molecule has 1 aliphatic carbocycles. The molecule has 0 fully saturated rings. The molecule has 4 rings (SSSR count). The molecule has 2 heterocycles. The number of halogens is 3. The molecule has 10 heteroatoms. The Kier molecular flexibility index (Phi) is 5.51. The maximum Gasteiger partial charge on any atom is 0.416 e. The summed E-state index contributed by atoms with van der Waals surface area (Å²) in [7, 11) is 0. The van der Waals surface area contributed by atoms with Crippen LogP contribution in [0.5, 0.6) is 0 Å². The Morgan fingerprint density at radius 1 is 1.30 bits per heavy atom. The van der Waals surface area contributed by atoms with Gasteiger partial charge in [-0.3, -0.25) is 9.59 Å². The topological polar surface area (TPSA) is 82.0 Å². The van der Waals surface area contributed by atoms with E-state index in [1.54, 1.807) is 0 Å². The predicted molar refractivity (Wildman–Crippen MR) is 109 cm³/mol. The molecule has 2 aromatic rings. The van der Waals surface area contributed by atoms with Gasteiger partial charge in [-0.1, -0.05) is 0 Å². The fourth-order valence-corrected chi connectivity index (χ4v) is 5.93. The molecule has 2 amide bonds. The monoisotopic (exact) mass is 451 g/mol. The van der Waals surface area contributed by atoms with Crippen LogP contribution in [0.2, 0.25) is 0 Å². The number of aryl methyl sites for hydroxylation is 1. The molecule has 5 nitrogen and oxygen atoms in total. The van der Waals surface area contributed by atoms with Crippen LogP contribution in [-0.4, -0.2) is 17.1 Å². The maximum absolute atomic E-state index is 12.9. The second-order valence-electron chi connectivity index (χ2n) is 7.08. The summed E-state index contributed by atoms with van der Waals surface area (Å²) in [6, 6.07) is 5.32. The van der Waals surface area contributed by atoms with Crippen LogP contribution in [0.15, 0.2) is 23.1 Å². The van der Waals surface area contributed by atoms with Gasteiger partial charge in [0.1, 0.15) is 11.1 Å². The van der Waals surface area contributed by atoms with Crippen molar-refractivity contribution < 1.29 is 22.8 Å². The van der Waals surface area contributed by atoms with Crippen LogP contribution in [0.3, 0.4) is 0 Å². The highest BCUT2D eigenvalue weighted by Crippen LogP contribution is 2.41. The van der Waals surface area contributed by atoms with Crippen molar-refractivity contribution in [2.75, 3.05) is 10.6 Å². The molecule has 0 saturated heterocycles. The SMILES string of the molecule is N#Cc1c(NC(=O)C[C@H]2Sc3ccc(C(F)(F)F)cc3NC2=O)sc2c1CCCC2. The largest absolute Gasteiger partial charge is 0.416 e. The fourth-order valence-electron chi connectivity index (χ4n) is 3.58. The molecule has 2 aliphatic rings. The quantitative estimate of drug-likeness (QED) is 0.691. The minimum atomic E-state index is -4.50. The lowest BCUT2D eigenvalue weighted by molar-refractivity contribution is -0.137. The zero-order valence-electron chi connectivity index (χ0n) is 15.6. The number of amides is 2. The molecule has 0 spiro atoms. The Labute approximate surface area is 178 Å². The number of benzene rings is 1. The van der Waals surface area contributed by atoms with Crippen LogP contribution in [0.1, 0.15) is 40.8 Å². The third-order valence-corrected chi connectivity index (χ3v) is 7.52. The van der Waals surface area contributed by atoms with Gasteiger partial charge in [0.15, 0.2) is 0 Å². The van der Waals surface area contributed by atoms with Crippen molar-refractivity contribution in [2.45, 2.75) is 48.4 Å². The van der Waals surface area contributed by atoms with Crippen molar-refractivity contribution in [1.29, 1.82) is 5.26 Å². The first kappa shape index (κ1) is 20.8. The molecule has 0 bridgehead atoms. The predicted octanol–water partition coefficient (Wildman–Crippen LogP) is 4.96. The van der Waals surface area contributed by atoms with Crippen LogP contribution < -0.4 is 10.6 Å². The first-order valence-electron chi connectivity index (χ1n) is 9.29. The number of alkyl halides is 3. The fraction of sp³-hybridized carbons (Fsp3) is 0.350. The Hall–Kier alpha value is -2.51. The van der Waals surface area contributed by atoms with E-state index in [1.165, 1.54) is 17.4 Å².